The zero-order chi connectivity index (χ0) is 13.5. The van der Waals surface area contributed by atoms with Crippen molar-refractivity contribution in [3.63, 3.8) is 0 Å². The van der Waals surface area contributed by atoms with E-state index in [-0.39, 0.29) is 12.5 Å². The minimum Gasteiger partial charge on any atom is -0.392 e. The fraction of sp³-hybridized carbons (Fsp3) is 0.500. The average Bonchev–Trinajstić information content (AvgIpc) is 2.38. The van der Waals surface area contributed by atoms with Crippen molar-refractivity contribution in [3.8, 4) is 0 Å². The van der Waals surface area contributed by atoms with E-state index in [4.69, 9.17) is 0 Å². The molecule has 0 bridgehead atoms. The van der Waals surface area contributed by atoms with Gasteiger partial charge in [0.2, 0.25) is 5.91 Å². The molecule has 0 heterocycles. The van der Waals surface area contributed by atoms with E-state index in [1.807, 2.05) is 43.9 Å². The Labute approximate surface area is 109 Å². The Kier molecular flexibility index (Phi) is 5.82. The number of hydrogen-bond donors (Lipinski definition) is 2. The predicted molar refractivity (Wildman–Crippen MR) is 73.5 cm³/mol. The number of nitrogens with zero attached hydrogens (tertiary/aromatic N) is 1. The first-order chi connectivity index (χ1) is 8.62. The fourth-order valence-electron chi connectivity index (χ4n) is 1.87. The van der Waals surface area contributed by atoms with Gasteiger partial charge in [-0.05, 0) is 25.6 Å². The Hall–Kier alpha value is -1.39. The highest BCUT2D eigenvalue weighted by Crippen LogP contribution is 2.20. The van der Waals surface area contributed by atoms with Gasteiger partial charge < -0.3 is 10.4 Å². The zero-order valence-corrected chi connectivity index (χ0v) is 11.4. The number of hydrogen-bond acceptors (Lipinski definition) is 3. The van der Waals surface area contributed by atoms with Crippen molar-refractivity contribution >= 4 is 11.6 Å². The first kappa shape index (κ1) is 14.7. The number of nitrogens with one attached hydrogen (secondary N) is 1. The molecule has 0 unspecified atom stereocenters. The second-order valence-corrected chi connectivity index (χ2v) is 4.28. The Morgan fingerprint density at radius 1 is 1.33 bits per heavy atom. The number of aliphatic hydroxyl groups is 1. The monoisotopic (exact) mass is 250 g/mol. The molecule has 18 heavy (non-hydrogen) atoms. The summed E-state index contributed by atoms with van der Waals surface area (Å²) in [6.45, 7) is 8.00. The molecule has 2 N–H and O–H groups in total. The van der Waals surface area contributed by atoms with Crippen molar-refractivity contribution in [2.45, 2.75) is 27.4 Å². The maximum absolute atomic E-state index is 11.9. The molecule has 0 aliphatic heterocycles. The number of para-hydroxylation sites is 1. The predicted octanol–water partition coefficient (Wildman–Crippen LogP) is 1.77. The molecule has 0 saturated heterocycles. The quantitative estimate of drug-likeness (QED) is 0.809. The van der Waals surface area contributed by atoms with Crippen LogP contribution in [0.3, 0.4) is 0 Å². The van der Waals surface area contributed by atoms with Crippen molar-refractivity contribution in [1.82, 2.24) is 4.90 Å². The molecule has 4 heteroatoms. The number of benzene rings is 1. The Balaban J connectivity index is 2.75. The van der Waals surface area contributed by atoms with Crippen molar-refractivity contribution in [3.05, 3.63) is 29.3 Å². The van der Waals surface area contributed by atoms with Crippen LogP contribution in [0.15, 0.2) is 18.2 Å². The third-order valence-electron chi connectivity index (χ3n) is 3.06. The summed E-state index contributed by atoms with van der Waals surface area (Å²) in [5.41, 5.74) is 2.45. The second kappa shape index (κ2) is 7.13. The van der Waals surface area contributed by atoms with Crippen LogP contribution in [0.5, 0.6) is 0 Å². The SMILES string of the molecule is CCN(CC)CC(=O)Nc1c(C)cccc1CO. The van der Waals surface area contributed by atoms with Crippen molar-refractivity contribution in [2.24, 2.45) is 0 Å². The molecule has 4 nitrogen and oxygen atoms in total. The lowest BCUT2D eigenvalue weighted by Gasteiger charge is -2.18. The molecule has 0 saturated carbocycles. The van der Waals surface area contributed by atoms with E-state index < -0.39 is 0 Å². The van der Waals surface area contributed by atoms with E-state index in [0.717, 1.165) is 29.9 Å². The molecular weight excluding hydrogens is 228 g/mol. The number of carbonyl (C=O) groups is 1. The number of anilines is 1. The highest BCUT2D eigenvalue weighted by atomic mass is 16.3. The van der Waals surface area contributed by atoms with Crippen molar-refractivity contribution < 1.29 is 9.90 Å². The molecule has 0 atom stereocenters. The summed E-state index contributed by atoms with van der Waals surface area (Å²) in [7, 11) is 0. The van der Waals surface area contributed by atoms with Crippen LogP contribution in [-0.4, -0.2) is 35.5 Å². The molecule has 0 fully saturated rings. The van der Waals surface area contributed by atoms with Gasteiger partial charge in [-0.1, -0.05) is 32.0 Å². The van der Waals surface area contributed by atoms with Gasteiger partial charge in [0, 0.05) is 11.3 Å². The van der Waals surface area contributed by atoms with Gasteiger partial charge >= 0.3 is 0 Å². The lowest BCUT2D eigenvalue weighted by molar-refractivity contribution is -0.117. The lowest BCUT2D eigenvalue weighted by Crippen LogP contribution is -2.33. The average molecular weight is 250 g/mol. The van der Waals surface area contributed by atoms with Crippen LogP contribution in [0.25, 0.3) is 0 Å². The molecule has 1 rings (SSSR count). The first-order valence-electron chi connectivity index (χ1n) is 6.33. The number of aryl methyl sites for hydroxylation is 1. The van der Waals surface area contributed by atoms with Gasteiger partial charge in [-0.3, -0.25) is 9.69 Å². The molecular formula is C14H22N2O2. The minimum absolute atomic E-state index is 0.0392. The standard InChI is InChI=1S/C14H22N2O2/c1-4-16(5-2)9-13(18)15-14-11(3)7-6-8-12(14)10-17/h6-8,17H,4-5,9-10H2,1-3H3,(H,15,18). The van der Waals surface area contributed by atoms with Crippen molar-refractivity contribution in [2.75, 3.05) is 25.0 Å². The number of amides is 1. The van der Waals surface area contributed by atoms with Crippen LogP contribution < -0.4 is 5.32 Å². The van der Waals surface area contributed by atoms with E-state index in [9.17, 15) is 9.90 Å². The Morgan fingerprint density at radius 2 is 2.00 bits per heavy atom. The molecule has 0 aliphatic rings. The molecule has 0 spiro atoms. The summed E-state index contributed by atoms with van der Waals surface area (Å²) >= 11 is 0. The maximum Gasteiger partial charge on any atom is 0.238 e. The molecule has 1 amide bonds. The Bertz CT molecular complexity index is 401. The smallest absolute Gasteiger partial charge is 0.238 e. The third-order valence-corrected chi connectivity index (χ3v) is 3.06. The lowest BCUT2D eigenvalue weighted by atomic mass is 10.1. The number of likely N-dealkylation sites (N-methyl/N-ethyl adjacent to an activating group) is 1. The van der Waals surface area contributed by atoms with E-state index in [2.05, 4.69) is 5.32 Å². The molecule has 100 valence electrons. The zero-order valence-electron chi connectivity index (χ0n) is 11.4. The molecule has 0 aromatic heterocycles. The van der Waals surface area contributed by atoms with Crippen LogP contribution in [-0.2, 0) is 11.4 Å². The summed E-state index contributed by atoms with van der Waals surface area (Å²) in [5, 5.41) is 12.2. The van der Waals surface area contributed by atoms with E-state index in [0.29, 0.717) is 6.54 Å². The van der Waals surface area contributed by atoms with E-state index in [1.54, 1.807) is 0 Å². The van der Waals surface area contributed by atoms with Gasteiger partial charge in [0.05, 0.1) is 13.2 Å². The summed E-state index contributed by atoms with van der Waals surface area (Å²) in [6, 6.07) is 5.62. The van der Waals surface area contributed by atoms with Crippen LogP contribution in [0.4, 0.5) is 5.69 Å². The van der Waals surface area contributed by atoms with Gasteiger partial charge in [0.1, 0.15) is 0 Å². The number of carbonyl (C=O) groups excluding carboxylic acids is 1. The third kappa shape index (κ3) is 3.82. The normalized spacial score (nSPS) is 10.7. The van der Waals surface area contributed by atoms with Gasteiger partial charge in [0.15, 0.2) is 0 Å². The first-order valence-corrected chi connectivity index (χ1v) is 6.33. The van der Waals surface area contributed by atoms with Gasteiger partial charge in [-0.15, -0.1) is 0 Å². The topological polar surface area (TPSA) is 52.6 Å². The largest absolute Gasteiger partial charge is 0.392 e. The van der Waals surface area contributed by atoms with Crippen molar-refractivity contribution in [1.29, 1.82) is 0 Å². The molecule has 1 aromatic carbocycles. The summed E-state index contributed by atoms with van der Waals surface area (Å²) in [6.07, 6.45) is 0. The van der Waals surface area contributed by atoms with Gasteiger partial charge in [-0.25, -0.2) is 0 Å². The molecule has 0 radical (unpaired) electrons. The minimum atomic E-state index is -0.0669. The van der Waals surface area contributed by atoms with Gasteiger partial charge in [0.25, 0.3) is 0 Å². The Morgan fingerprint density at radius 3 is 2.56 bits per heavy atom. The molecule has 0 aliphatic carbocycles. The van der Waals surface area contributed by atoms with Gasteiger partial charge in [-0.2, -0.15) is 0 Å². The van der Waals surface area contributed by atoms with E-state index in [1.165, 1.54) is 0 Å². The van der Waals surface area contributed by atoms with E-state index >= 15 is 0 Å². The van der Waals surface area contributed by atoms with Crippen LogP contribution >= 0.6 is 0 Å². The summed E-state index contributed by atoms with van der Waals surface area (Å²) in [4.78, 5) is 14.0. The second-order valence-electron chi connectivity index (χ2n) is 4.28. The number of rotatable bonds is 6. The maximum atomic E-state index is 11.9. The highest BCUT2D eigenvalue weighted by Gasteiger charge is 2.11. The van der Waals surface area contributed by atoms with Crippen LogP contribution in [0, 0.1) is 6.92 Å². The number of aliphatic hydroxyl groups excluding tert-OH is 1. The molecule has 1 aromatic rings. The summed E-state index contributed by atoms with van der Waals surface area (Å²) in [5.74, 6) is -0.0392. The summed E-state index contributed by atoms with van der Waals surface area (Å²) < 4.78 is 0. The van der Waals surface area contributed by atoms with Crippen LogP contribution in [0.2, 0.25) is 0 Å². The highest BCUT2D eigenvalue weighted by molar-refractivity contribution is 5.93. The van der Waals surface area contributed by atoms with Crippen LogP contribution in [0.1, 0.15) is 25.0 Å². The fourth-order valence-corrected chi connectivity index (χ4v) is 1.87.